The van der Waals surface area contributed by atoms with Crippen LogP contribution in [0, 0.1) is 0 Å². The van der Waals surface area contributed by atoms with Crippen molar-refractivity contribution in [2.45, 2.75) is 58.2 Å². The van der Waals surface area contributed by atoms with Crippen molar-refractivity contribution in [2.24, 2.45) is 0 Å². The number of ether oxygens (including phenoxy) is 1. The van der Waals surface area contributed by atoms with Crippen molar-refractivity contribution in [3.63, 3.8) is 0 Å². The molecule has 1 aliphatic carbocycles. The quantitative estimate of drug-likeness (QED) is 0.0760. The maximum atomic E-state index is 13.7. The van der Waals surface area contributed by atoms with E-state index in [4.69, 9.17) is 21.3 Å². The van der Waals surface area contributed by atoms with Crippen molar-refractivity contribution in [2.75, 3.05) is 24.2 Å². The number of imidazole rings is 1. The molecule has 0 bridgehead atoms. The van der Waals surface area contributed by atoms with Crippen LogP contribution in [0.1, 0.15) is 55.6 Å². The van der Waals surface area contributed by atoms with Gasteiger partial charge < -0.3 is 0 Å². The van der Waals surface area contributed by atoms with E-state index in [-0.39, 0.29) is 9.96 Å². The SMILES string of the molecule is CC(C)(C)OC(=O)N1CCN(C2c3ccc(Cl)cc3CCc3cc(Br)cnc32)CI1C(=O)NCCCn1ccnc1. The number of halogens is 3. The molecule has 12 heteroatoms. The number of aryl methyl sites for hydroxylation is 3. The Bertz CT molecular complexity index is 1350. The standard InChI is InChI=1S/C29H35BrClIN6O3/c1-29(2,3)41-28(40)38-14-13-37(18-32(38)27(39)34-9-4-11-36-12-10-33-19-36)26-24-8-7-23(31)16-20(24)5-6-21-15-22(30)17-35-25(21)26/h7-8,10,12,15-17,19,26H,4-6,9,11,13-14,18H2,1-3H3,(H,34,39). The number of amides is 2. The van der Waals surface area contributed by atoms with Crippen molar-refractivity contribution in [1.82, 2.24) is 27.9 Å². The molecule has 41 heavy (non-hydrogen) atoms. The second-order valence-electron chi connectivity index (χ2n) is 11.1. The summed E-state index contributed by atoms with van der Waals surface area (Å²) in [6.07, 6.45) is 9.32. The normalized spacial score (nSPS) is 18.3. The Kier molecular flexibility index (Phi) is 9.57. The summed E-state index contributed by atoms with van der Waals surface area (Å²) in [4.78, 5) is 38.4. The van der Waals surface area contributed by atoms with E-state index in [0.29, 0.717) is 29.2 Å². The van der Waals surface area contributed by atoms with Crippen molar-refractivity contribution >= 4 is 57.6 Å². The second kappa shape index (κ2) is 13.0. The van der Waals surface area contributed by atoms with Gasteiger partial charge in [0.25, 0.3) is 0 Å². The molecule has 3 aromatic rings. The minimum atomic E-state index is -2.76. The van der Waals surface area contributed by atoms with Gasteiger partial charge in [-0.1, -0.05) is 0 Å². The average molecular weight is 758 g/mol. The molecule has 0 saturated carbocycles. The summed E-state index contributed by atoms with van der Waals surface area (Å²) in [6.45, 7) is 7.86. The van der Waals surface area contributed by atoms with Crippen LogP contribution in [-0.2, 0) is 24.1 Å². The molecule has 2 amide bonds. The topological polar surface area (TPSA) is 92.6 Å². The summed E-state index contributed by atoms with van der Waals surface area (Å²) in [5, 5.41) is 3.84. The molecule has 1 aliphatic heterocycles. The van der Waals surface area contributed by atoms with Gasteiger partial charge in [-0.25, -0.2) is 0 Å². The number of hydrogen-bond acceptors (Lipinski definition) is 6. The van der Waals surface area contributed by atoms with Gasteiger partial charge >= 0.3 is 263 Å². The van der Waals surface area contributed by atoms with Crippen LogP contribution in [0.2, 0.25) is 5.02 Å². The number of alkyl halides is 1. The van der Waals surface area contributed by atoms with Crippen LogP contribution in [0.3, 0.4) is 0 Å². The van der Waals surface area contributed by atoms with E-state index < -0.39 is 31.8 Å². The Hall–Kier alpha value is -2.22. The molecule has 1 unspecified atom stereocenters. The number of aromatic nitrogens is 3. The summed E-state index contributed by atoms with van der Waals surface area (Å²) < 4.78 is 10.9. The zero-order valence-electron chi connectivity index (χ0n) is 23.4. The van der Waals surface area contributed by atoms with E-state index >= 15 is 0 Å². The van der Waals surface area contributed by atoms with E-state index in [2.05, 4.69) is 43.3 Å². The van der Waals surface area contributed by atoms with E-state index in [1.807, 2.05) is 49.9 Å². The molecule has 2 aliphatic rings. The second-order valence-corrected chi connectivity index (χ2v) is 17.2. The van der Waals surface area contributed by atoms with E-state index in [1.54, 1.807) is 15.6 Å². The monoisotopic (exact) mass is 756 g/mol. The Labute approximate surface area is 261 Å². The Morgan fingerprint density at radius 3 is 2.76 bits per heavy atom. The predicted molar refractivity (Wildman–Crippen MR) is 171 cm³/mol. The van der Waals surface area contributed by atoms with Crippen molar-refractivity contribution in [3.05, 3.63) is 81.1 Å². The molecule has 5 rings (SSSR count). The zero-order chi connectivity index (χ0) is 29.1. The Balaban J connectivity index is 1.42. The van der Waals surface area contributed by atoms with Gasteiger partial charge in [-0.2, -0.15) is 0 Å². The van der Waals surface area contributed by atoms with E-state index in [9.17, 15) is 9.59 Å². The van der Waals surface area contributed by atoms with Gasteiger partial charge in [0.05, 0.1) is 0 Å². The fraction of sp³-hybridized carbons (Fsp3) is 0.448. The van der Waals surface area contributed by atoms with Gasteiger partial charge in [0.15, 0.2) is 0 Å². The molecule has 1 atom stereocenters. The summed E-state index contributed by atoms with van der Waals surface area (Å²) in [6, 6.07) is 8.07. The van der Waals surface area contributed by atoms with Crippen LogP contribution in [0.5, 0.6) is 0 Å². The van der Waals surface area contributed by atoms with Crippen molar-refractivity contribution in [1.29, 1.82) is 0 Å². The predicted octanol–water partition coefficient (Wildman–Crippen LogP) is 6.61. The number of nitrogens with one attached hydrogen (secondary N) is 1. The van der Waals surface area contributed by atoms with Gasteiger partial charge in [-0.15, -0.1) is 0 Å². The number of pyridine rings is 1. The molecule has 9 nitrogen and oxygen atoms in total. The van der Waals surface area contributed by atoms with Gasteiger partial charge in [0, 0.05) is 0 Å². The molecule has 1 aromatic carbocycles. The van der Waals surface area contributed by atoms with Gasteiger partial charge in [-0.05, 0) is 0 Å². The summed E-state index contributed by atoms with van der Waals surface area (Å²) in [7, 11) is 0. The molecular weight excluding hydrogens is 723 g/mol. The van der Waals surface area contributed by atoms with Crippen LogP contribution in [0.15, 0.2) is 53.7 Å². The number of benzene rings is 1. The van der Waals surface area contributed by atoms with Crippen LogP contribution < -0.4 is 5.32 Å². The fourth-order valence-corrected chi connectivity index (χ4v) is 10.6. The van der Waals surface area contributed by atoms with E-state index in [0.717, 1.165) is 41.5 Å². The Morgan fingerprint density at radius 2 is 2.00 bits per heavy atom. The number of fused-ring (bicyclic) bond motifs is 2. The molecule has 1 saturated heterocycles. The molecular formula is C29H35BrClIN6O3. The molecule has 1 fully saturated rings. The summed E-state index contributed by atoms with van der Waals surface area (Å²) in [5.74, 6) is 0. The zero-order valence-corrected chi connectivity index (χ0v) is 27.9. The van der Waals surface area contributed by atoms with Crippen molar-refractivity contribution in [3.8, 4) is 0 Å². The minimum absolute atomic E-state index is 0.0377. The number of rotatable bonds is 6. The van der Waals surface area contributed by atoms with Crippen molar-refractivity contribution < 1.29 is 14.3 Å². The molecule has 0 spiro atoms. The summed E-state index contributed by atoms with van der Waals surface area (Å²) >= 11 is 7.25. The maximum absolute atomic E-state index is 13.7. The van der Waals surface area contributed by atoms with E-state index in [1.165, 1.54) is 11.1 Å². The Morgan fingerprint density at radius 1 is 1.20 bits per heavy atom. The molecule has 2 aromatic heterocycles. The van der Waals surface area contributed by atoms with Crippen LogP contribution >= 0.6 is 47.6 Å². The third-order valence-corrected chi connectivity index (χ3v) is 12.9. The number of carbonyl (C=O) groups excluding carboxylic acids is 2. The van der Waals surface area contributed by atoms with Gasteiger partial charge in [0.1, 0.15) is 0 Å². The first-order valence-corrected chi connectivity index (χ1v) is 18.4. The summed E-state index contributed by atoms with van der Waals surface area (Å²) in [5.41, 5.74) is 3.88. The first-order valence-electron chi connectivity index (χ1n) is 13.7. The molecule has 3 heterocycles. The first kappa shape index (κ1) is 30.2. The first-order chi connectivity index (χ1) is 19.6. The van der Waals surface area contributed by atoms with Crippen LogP contribution in [-0.4, -0.2) is 62.3 Å². The average Bonchev–Trinajstić information content (AvgIpc) is 3.39. The fourth-order valence-electron chi connectivity index (χ4n) is 5.15. The van der Waals surface area contributed by atoms with Gasteiger partial charge in [0.2, 0.25) is 0 Å². The molecule has 1 N–H and O–H groups in total. The number of carbonyl (C=O) groups is 2. The third kappa shape index (κ3) is 7.41. The van der Waals surface area contributed by atoms with Crippen LogP contribution in [0.4, 0.5) is 9.59 Å². The number of hydrogen-bond donors (Lipinski definition) is 1. The van der Waals surface area contributed by atoms with Gasteiger partial charge in [-0.3, -0.25) is 0 Å². The molecule has 220 valence electrons. The number of nitrogens with zero attached hydrogens (tertiary/aromatic N) is 5. The molecule has 0 radical (unpaired) electrons. The van der Waals surface area contributed by atoms with Crippen LogP contribution in [0.25, 0.3) is 0 Å². The third-order valence-electron chi connectivity index (χ3n) is 6.96.